The molecule has 1 atom stereocenters. The van der Waals surface area contributed by atoms with E-state index < -0.39 is 0 Å². The fourth-order valence-electron chi connectivity index (χ4n) is 2.10. The van der Waals surface area contributed by atoms with Crippen molar-refractivity contribution in [2.24, 2.45) is 0 Å². The fraction of sp³-hybridized carbons (Fsp3) is 0.462. The van der Waals surface area contributed by atoms with Crippen LogP contribution < -0.4 is 10.1 Å². The molecule has 0 aromatic carbocycles. The summed E-state index contributed by atoms with van der Waals surface area (Å²) in [6.07, 6.45) is 1.81. The van der Waals surface area contributed by atoms with Crippen LogP contribution in [0.5, 0.6) is 5.75 Å². The summed E-state index contributed by atoms with van der Waals surface area (Å²) in [5.74, 6) is 0.890. The first-order chi connectivity index (χ1) is 9.72. The van der Waals surface area contributed by atoms with E-state index >= 15 is 0 Å². The van der Waals surface area contributed by atoms with Crippen LogP contribution in [0.1, 0.15) is 16.6 Å². The molecule has 0 spiro atoms. The molecule has 0 fully saturated rings. The monoisotopic (exact) mass is 359 g/mol. The van der Waals surface area contributed by atoms with E-state index in [1.807, 2.05) is 29.4 Å². The molecule has 2 aromatic rings. The summed E-state index contributed by atoms with van der Waals surface area (Å²) >= 11 is 5.25. The molecular formula is C13H18BrN3O2S. The summed E-state index contributed by atoms with van der Waals surface area (Å²) in [7, 11) is 5.32. The van der Waals surface area contributed by atoms with Gasteiger partial charge in [-0.1, -0.05) is 0 Å². The van der Waals surface area contributed by atoms with Gasteiger partial charge < -0.3 is 14.8 Å². The Morgan fingerprint density at radius 3 is 2.95 bits per heavy atom. The molecule has 7 heteroatoms. The van der Waals surface area contributed by atoms with Gasteiger partial charge in [-0.05, 0) is 34.4 Å². The lowest BCUT2D eigenvalue weighted by Gasteiger charge is -2.19. The van der Waals surface area contributed by atoms with Gasteiger partial charge in [-0.15, -0.1) is 11.3 Å². The first-order valence-corrected chi connectivity index (χ1v) is 7.89. The number of nitrogens with zero attached hydrogens (tertiary/aromatic N) is 2. The average molecular weight is 360 g/mol. The van der Waals surface area contributed by atoms with E-state index in [2.05, 4.69) is 26.3 Å². The second kappa shape index (κ2) is 7.21. The number of hydrogen-bond acceptors (Lipinski definition) is 5. The Hall–Kier alpha value is -0.890. The molecule has 0 aliphatic heterocycles. The molecule has 2 aromatic heterocycles. The predicted octanol–water partition coefficient (Wildman–Crippen LogP) is 2.67. The Kier molecular flexibility index (Phi) is 5.59. The number of aromatic nitrogens is 2. The smallest absolute Gasteiger partial charge is 0.134 e. The van der Waals surface area contributed by atoms with Crippen LogP contribution in [-0.4, -0.2) is 37.7 Å². The molecule has 110 valence electrons. The van der Waals surface area contributed by atoms with E-state index in [1.165, 1.54) is 0 Å². The molecule has 0 aliphatic rings. The van der Waals surface area contributed by atoms with Crippen molar-refractivity contribution < 1.29 is 9.47 Å². The topological polar surface area (TPSA) is 48.3 Å². The Balaban J connectivity index is 2.39. The van der Waals surface area contributed by atoms with Gasteiger partial charge in [-0.3, -0.25) is 4.68 Å². The Bertz CT molecular complexity index is 556. The maximum atomic E-state index is 5.43. The maximum Gasteiger partial charge on any atom is 0.134 e. The van der Waals surface area contributed by atoms with E-state index in [4.69, 9.17) is 9.47 Å². The molecule has 0 saturated carbocycles. The zero-order valence-electron chi connectivity index (χ0n) is 11.7. The molecule has 0 amide bonds. The summed E-state index contributed by atoms with van der Waals surface area (Å²) in [6, 6.07) is 2.01. The lowest BCUT2D eigenvalue weighted by atomic mass is 10.1. The highest BCUT2D eigenvalue weighted by Gasteiger charge is 2.24. The minimum atomic E-state index is 0.0266. The van der Waals surface area contributed by atoms with Gasteiger partial charge in [-0.2, -0.15) is 5.10 Å². The number of nitrogens with one attached hydrogen (secondary N) is 1. The molecule has 2 rings (SSSR count). The van der Waals surface area contributed by atoms with Crippen molar-refractivity contribution in [3.63, 3.8) is 0 Å². The number of rotatable bonds is 7. The van der Waals surface area contributed by atoms with Crippen LogP contribution in [-0.2, 0) is 11.3 Å². The molecule has 2 heterocycles. The van der Waals surface area contributed by atoms with E-state index in [-0.39, 0.29) is 6.04 Å². The summed E-state index contributed by atoms with van der Waals surface area (Å²) in [6.45, 7) is 1.34. The molecule has 5 nitrogen and oxygen atoms in total. The van der Waals surface area contributed by atoms with Gasteiger partial charge in [-0.25, -0.2) is 0 Å². The van der Waals surface area contributed by atoms with Crippen molar-refractivity contribution in [3.05, 3.63) is 32.7 Å². The highest BCUT2D eigenvalue weighted by atomic mass is 79.9. The van der Waals surface area contributed by atoms with Crippen molar-refractivity contribution in [2.75, 3.05) is 27.9 Å². The SMILES string of the molecule is CNC(c1sccc1OC)c1c(Br)cnn1CCOC. The molecule has 20 heavy (non-hydrogen) atoms. The minimum Gasteiger partial charge on any atom is -0.496 e. The van der Waals surface area contributed by atoms with Crippen molar-refractivity contribution in [1.29, 1.82) is 0 Å². The van der Waals surface area contributed by atoms with Gasteiger partial charge in [0.25, 0.3) is 0 Å². The maximum absolute atomic E-state index is 5.43. The van der Waals surface area contributed by atoms with E-state index in [0.717, 1.165) is 20.8 Å². The largest absolute Gasteiger partial charge is 0.496 e. The second-order valence-electron chi connectivity index (χ2n) is 4.17. The van der Waals surface area contributed by atoms with Crippen LogP contribution in [0.2, 0.25) is 0 Å². The highest BCUT2D eigenvalue weighted by molar-refractivity contribution is 9.10. The van der Waals surface area contributed by atoms with Gasteiger partial charge in [0.15, 0.2) is 0 Å². The summed E-state index contributed by atoms with van der Waals surface area (Å²) < 4.78 is 13.5. The number of halogens is 1. The Morgan fingerprint density at radius 1 is 1.50 bits per heavy atom. The zero-order valence-corrected chi connectivity index (χ0v) is 14.1. The van der Waals surface area contributed by atoms with Gasteiger partial charge in [0.05, 0.1) is 47.5 Å². The van der Waals surface area contributed by atoms with Crippen molar-refractivity contribution in [1.82, 2.24) is 15.1 Å². The molecule has 1 N–H and O–H groups in total. The van der Waals surface area contributed by atoms with Crippen molar-refractivity contribution in [3.8, 4) is 5.75 Å². The van der Waals surface area contributed by atoms with Gasteiger partial charge in [0.1, 0.15) is 5.75 Å². The zero-order chi connectivity index (χ0) is 14.5. The van der Waals surface area contributed by atoms with Crippen molar-refractivity contribution >= 4 is 27.3 Å². The standard InChI is InChI=1S/C13H18BrN3O2S/c1-15-11(13-10(19-3)4-7-20-13)12-9(14)8-16-17(12)5-6-18-2/h4,7-8,11,15H,5-6H2,1-3H3. The molecular weight excluding hydrogens is 342 g/mol. The Labute approximate surface area is 131 Å². The quantitative estimate of drug-likeness (QED) is 0.825. The number of methoxy groups -OCH3 is 2. The normalized spacial score (nSPS) is 12.6. The third kappa shape index (κ3) is 3.06. The van der Waals surface area contributed by atoms with Crippen LogP contribution in [0.4, 0.5) is 0 Å². The molecule has 0 aliphatic carbocycles. The predicted molar refractivity (Wildman–Crippen MR) is 83.6 cm³/mol. The highest BCUT2D eigenvalue weighted by Crippen LogP contribution is 2.37. The molecule has 0 bridgehead atoms. The van der Waals surface area contributed by atoms with Crippen LogP contribution in [0.15, 0.2) is 22.1 Å². The third-order valence-electron chi connectivity index (χ3n) is 3.04. The van der Waals surface area contributed by atoms with E-state index in [9.17, 15) is 0 Å². The molecule has 0 saturated heterocycles. The first kappa shape index (κ1) is 15.5. The van der Waals surface area contributed by atoms with Crippen LogP contribution in [0, 0.1) is 0 Å². The molecule has 1 unspecified atom stereocenters. The summed E-state index contributed by atoms with van der Waals surface area (Å²) in [5, 5.41) is 9.77. The van der Waals surface area contributed by atoms with E-state index in [0.29, 0.717) is 13.2 Å². The minimum absolute atomic E-state index is 0.0266. The summed E-state index contributed by atoms with van der Waals surface area (Å²) in [4.78, 5) is 1.13. The average Bonchev–Trinajstić information content (AvgIpc) is 3.06. The van der Waals surface area contributed by atoms with E-state index in [1.54, 1.807) is 25.6 Å². The molecule has 0 radical (unpaired) electrons. The number of ether oxygens (including phenoxy) is 2. The Morgan fingerprint density at radius 2 is 2.30 bits per heavy atom. The van der Waals surface area contributed by atoms with Crippen LogP contribution in [0.25, 0.3) is 0 Å². The van der Waals surface area contributed by atoms with Gasteiger partial charge >= 0.3 is 0 Å². The van der Waals surface area contributed by atoms with Gasteiger partial charge in [0, 0.05) is 7.11 Å². The van der Waals surface area contributed by atoms with Gasteiger partial charge in [0.2, 0.25) is 0 Å². The summed E-state index contributed by atoms with van der Waals surface area (Å²) in [5.41, 5.74) is 1.07. The lowest BCUT2D eigenvalue weighted by molar-refractivity contribution is 0.182. The number of thiophene rings is 1. The van der Waals surface area contributed by atoms with Crippen LogP contribution >= 0.6 is 27.3 Å². The van der Waals surface area contributed by atoms with Crippen LogP contribution in [0.3, 0.4) is 0 Å². The fourth-order valence-corrected chi connectivity index (χ4v) is 3.59. The lowest BCUT2D eigenvalue weighted by Crippen LogP contribution is -2.22. The van der Waals surface area contributed by atoms with Crippen molar-refractivity contribution in [2.45, 2.75) is 12.6 Å². The second-order valence-corrected chi connectivity index (χ2v) is 5.97. The number of hydrogen-bond donors (Lipinski definition) is 1. The third-order valence-corrected chi connectivity index (χ3v) is 4.62. The first-order valence-electron chi connectivity index (χ1n) is 6.21.